The van der Waals surface area contributed by atoms with Crippen molar-refractivity contribution in [1.29, 1.82) is 0 Å². The Morgan fingerprint density at radius 2 is 1.30 bits per heavy atom. The largest absolute Gasteiger partial charge is 0.356 e. The monoisotopic (exact) mass is 282 g/mol. The van der Waals surface area contributed by atoms with Gasteiger partial charge in [-0.05, 0) is 32.1 Å². The molecule has 0 aromatic heterocycles. The van der Waals surface area contributed by atoms with Crippen molar-refractivity contribution < 1.29 is 9.47 Å². The molecule has 0 aliphatic heterocycles. The maximum atomic E-state index is 5.17. The Labute approximate surface area is 126 Å². The van der Waals surface area contributed by atoms with E-state index in [-0.39, 0.29) is 6.29 Å². The topological polar surface area (TPSA) is 18.5 Å². The van der Waals surface area contributed by atoms with Gasteiger partial charge in [0.15, 0.2) is 6.29 Å². The molecule has 118 valence electrons. The summed E-state index contributed by atoms with van der Waals surface area (Å²) in [5, 5.41) is 0. The van der Waals surface area contributed by atoms with Gasteiger partial charge in [0.05, 0.1) is 0 Å². The molecule has 0 saturated heterocycles. The summed E-state index contributed by atoms with van der Waals surface area (Å²) in [6.07, 6.45) is 21.4. The molecular formula is C18H34O2. The molecule has 0 N–H and O–H groups in total. The number of hydrogen-bond donors (Lipinski definition) is 0. The lowest BCUT2D eigenvalue weighted by atomic mass is 10.1. The average molecular weight is 282 g/mol. The number of allylic oxidation sites excluding steroid dienone is 4. The average Bonchev–Trinajstić information content (AvgIpc) is 2.48. The van der Waals surface area contributed by atoms with Gasteiger partial charge in [0.2, 0.25) is 0 Å². The smallest absolute Gasteiger partial charge is 0.156 e. The van der Waals surface area contributed by atoms with E-state index in [9.17, 15) is 0 Å². The highest BCUT2D eigenvalue weighted by atomic mass is 16.7. The van der Waals surface area contributed by atoms with E-state index in [1.807, 2.05) is 0 Å². The SMILES string of the molecule is CCCCC=CC=CCCCCCCCC(OC)OC. The molecule has 0 radical (unpaired) electrons. The second-order valence-corrected chi connectivity index (χ2v) is 5.24. The minimum absolute atomic E-state index is 0.0163. The second kappa shape index (κ2) is 16.5. The van der Waals surface area contributed by atoms with Crippen molar-refractivity contribution >= 4 is 0 Å². The van der Waals surface area contributed by atoms with Crippen LogP contribution in [0.25, 0.3) is 0 Å². The van der Waals surface area contributed by atoms with Crippen LogP contribution in [-0.2, 0) is 9.47 Å². The van der Waals surface area contributed by atoms with Crippen molar-refractivity contribution in [2.24, 2.45) is 0 Å². The number of ether oxygens (including phenoxy) is 2. The van der Waals surface area contributed by atoms with Crippen molar-refractivity contribution in [1.82, 2.24) is 0 Å². The first-order chi connectivity index (χ1) is 9.85. The number of rotatable bonds is 14. The fourth-order valence-electron chi connectivity index (χ4n) is 2.11. The van der Waals surface area contributed by atoms with Crippen molar-refractivity contribution in [2.45, 2.75) is 77.4 Å². The number of hydrogen-bond acceptors (Lipinski definition) is 2. The van der Waals surface area contributed by atoms with Crippen molar-refractivity contribution in [3.63, 3.8) is 0 Å². The van der Waals surface area contributed by atoms with E-state index in [0.717, 1.165) is 6.42 Å². The number of methoxy groups -OCH3 is 2. The van der Waals surface area contributed by atoms with Gasteiger partial charge in [-0.3, -0.25) is 0 Å². The van der Waals surface area contributed by atoms with Gasteiger partial charge < -0.3 is 9.47 Å². The van der Waals surface area contributed by atoms with E-state index < -0.39 is 0 Å². The summed E-state index contributed by atoms with van der Waals surface area (Å²) in [5.41, 5.74) is 0. The van der Waals surface area contributed by atoms with E-state index in [1.54, 1.807) is 14.2 Å². The van der Waals surface area contributed by atoms with Crippen LogP contribution in [0, 0.1) is 0 Å². The Morgan fingerprint density at radius 3 is 1.90 bits per heavy atom. The molecule has 0 saturated carbocycles. The Bertz CT molecular complexity index is 230. The highest BCUT2D eigenvalue weighted by Gasteiger charge is 2.03. The number of unbranched alkanes of at least 4 members (excludes halogenated alkanes) is 7. The van der Waals surface area contributed by atoms with E-state index in [1.165, 1.54) is 57.8 Å². The van der Waals surface area contributed by atoms with E-state index >= 15 is 0 Å². The van der Waals surface area contributed by atoms with Crippen LogP contribution in [0.1, 0.15) is 71.1 Å². The van der Waals surface area contributed by atoms with Crippen LogP contribution in [0.5, 0.6) is 0 Å². The fourth-order valence-corrected chi connectivity index (χ4v) is 2.11. The first-order valence-corrected chi connectivity index (χ1v) is 8.22. The van der Waals surface area contributed by atoms with Crippen LogP contribution in [0.4, 0.5) is 0 Å². The van der Waals surface area contributed by atoms with Gasteiger partial charge in [0.1, 0.15) is 0 Å². The van der Waals surface area contributed by atoms with Gasteiger partial charge >= 0.3 is 0 Å². The molecule has 0 heterocycles. The molecule has 0 fully saturated rings. The van der Waals surface area contributed by atoms with Crippen LogP contribution < -0.4 is 0 Å². The van der Waals surface area contributed by atoms with Crippen LogP contribution in [0.2, 0.25) is 0 Å². The fraction of sp³-hybridized carbons (Fsp3) is 0.778. The highest BCUT2D eigenvalue weighted by Crippen LogP contribution is 2.10. The summed E-state index contributed by atoms with van der Waals surface area (Å²) in [6, 6.07) is 0. The molecular weight excluding hydrogens is 248 g/mol. The molecule has 0 rings (SSSR count). The van der Waals surface area contributed by atoms with E-state index in [2.05, 4.69) is 31.2 Å². The summed E-state index contributed by atoms with van der Waals surface area (Å²) in [5.74, 6) is 0. The summed E-state index contributed by atoms with van der Waals surface area (Å²) >= 11 is 0. The molecule has 0 aromatic carbocycles. The molecule has 0 amide bonds. The zero-order chi connectivity index (χ0) is 14.9. The lowest BCUT2D eigenvalue weighted by Gasteiger charge is -2.12. The van der Waals surface area contributed by atoms with Crippen molar-refractivity contribution in [3.8, 4) is 0 Å². The Hall–Kier alpha value is -0.600. The van der Waals surface area contributed by atoms with Gasteiger partial charge in [0, 0.05) is 14.2 Å². The van der Waals surface area contributed by atoms with Gasteiger partial charge in [0.25, 0.3) is 0 Å². The van der Waals surface area contributed by atoms with Crippen LogP contribution in [-0.4, -0.2) is 20.5 Å². The first kappa shape index (κ1) is 19.4. The van der Waals surface area contributed by atoms with Gasteiger partial charge in [-0.1, -0.05) is 63.3 Å². The molecule has 20 heavy (non-hydrogen) atoms. The van der Waals surface area contributed by atoms with Crippen LogP contribution >= 0.6 is 0 Å². The second-order valence-electron chi connectivity index (χ2n) is 5.24. The Balaban J connectivity index is 3.24. The highest BCUT2D eigenvalue weighted by molar-refractivity contribution is 5.02. The molecule has 0 aliphatic rings. The molecule has 0 bridgehead atoms. The van der Waals surface area contributed by atoms with Crippen molar-refractivity contribution in [3.05, 3.63) is 24.3 Å². The molecule has 2 nitrogen and oxygen atoms in total. The lowest BCUT2D eigenvalue weighted by Crippen LogP contribution is -2.12. The minimum Gasteiger partial charge on any atom is -0.356 e. The summed E-state index contributed by atoms with van der Waals surface area (Å²) in [4.78, 5) is 0. The standard InChI is InChI=1S/C18H34O2/c1-4-5-6-7-8-9-10-11-12-13-14-15-16-17-18(19-2)20-3/h7-10,18H,4-6,11-17H2,1-3H3. The Morgan fingerprint density at radius 1 is 0.750 bits per heavy atom. The quantitative estimate of drug-likeness (QED) is 0.233. The summed E-state index contributed by atoms with van der Waals surface area (Å²) < 4.78 is 10.3. The predicted molar refractivity (Wildman–Crippen MR) is 87.9 cm³/mol. The minimum atomic E-state index is -0.0163. The third kappa shape index (κ3) is 13.8. The van der Waals surface area contributed by atoms with Gasteiger partial charge in [-0.15, -0.1) is 0 Å². The molecule has 0 unspecified atom stereocenters. The first-order valence-electron chi connectivity index (χ1n) is 8.22. The Kier molecular flexibility index (Phi) is 16.0. The predicted octanol–water partition coefficient (Wildman–Crippen LogP) is 5.64. The van der Waals surface area contributed by atoms with Gasteiger partial charge in [-0.2, -0.15) is 0 Å². The zero-order valence-corrected chi connectivity index (χ0v) is 13.8. The molecule has 0 spiro atoms. The van der Waals surface area contributed by atoms with Crippen LogP contribution in [0.3, 0.4) is 0 Å². The third-order valence-electron chi connectivity index (χ3n) is 3.44. The normalized spacial score (nSPS) is 12.2. The molecule has 0 aliphatic carbocycles. The summed E-state index contributed by atoms with van der Waals surface area (Å²) in [7, 11) is 3.41. The van der Waals surface area contributed by atoms with Crippen LogP contribution in [0.15, 0.2) is 24.3 Å². The molecule has 0 aromatic rings. The lowest BCUT2D eigenvalue weighted by molar-refractivity contribution is -0.107. The third-order valence-corrected chi connectivity index (χ3v) is 3.44. The summed E-state index contributed by atoms with van der Waals surface area (Å²) in [6.45, 7) is 2.23. The zero-order valence-electron chi connectivity index (χ0n) is 13.8. The molecule has 0 atom stereocenters. The molecule has 2 heteroatoms. The van der Waals surface area contributed by atoms with E-state index in [4.69, 9.17) is 9.47 Å². The van der Waals surface area contributed by atoms with Crippen molar-refractivity contribution in [2.75, 3.05) is 14.2 Å². The maximum absolute atomic E-state index is 5.17. The van der Waals surface area contributed by atoms with E-state index in [0.29, 0.717) is 0 Å². The van der Waals surface area contributed by atoms with Gasteiger partial charge in [-0.25, -0.2) is 0 Å². The maximum Gasteiger partial charge on any atom is 0.156 e.